The second kappa shape index (κ2) is 16.3. The summed E-state index contributed by atoms with van der Waals surface area (Å²) in [5.41, 5.74) is 0.853. The first-order valence-electron chi connectivity index (χ1n) is 14.9. The van der Waals surface area contributed by atoms with Crippen LogP contribution >= 0.6 is 0 Å². The van der Waals surface area contributed by atoms with Crippen molar-refractivity contribution in [3.05, 3.63) is 35.9 Å². The third-order valence-electron chi connectivity index (χ3n) is 7.18. The molecule has 4 atom stereocenters. The molecule has 0 aromatic heterocycles. The summed E-state index contributed by atoms with van der Waals surface area (Å²) in [7, 11) is 3.10. The van der Waals surface area contributed by atoms with Gasteiger partial charge in [0.2, 0.25) is 5.91 Å². The van der Waals surface area contributed by atoms with E-state index in [1.165, 1.54) is 16.8 Å². The van der Waals surface area contributed by atoms with Crippen molar-refractivity contribution in [2.45, 2.75) is 97.9 Å². The van der Waals surface area contributed by atoms with Gasteiger partial charge in [-0.3, -0.25) is 19.2 Å². The van der Waals surface area contributed by atoms with E-state index in [2.05, 4.69) is 5.32 Å². The van der Waals surface area contributed by atoms with E-state index >= 15 is 0 Å². The van der Waals surface area contributed by atoms with Crippen LogP contribution in [0.15, 0.2) is 30.3 Å². The number of carbonyl (C=O) groups excluding carboxylic acids is 5. The maximum absolute atomic E-state index is 13.9. The highest BCUT2D eigenvalue weighted by Gasteiger charge is 2.38. The van der Waals surface area contributed by atoms with Gasteiger partial charge in [0.1, 0.15) is 12.1 Å². The maximum atomic E-state index is 13.9. The number of rotatable bonds is 8. The predicted molar refractivity (Wildman–Crippen MR) is 159 cm³/mol. The van der Waals surface area contributed by atoms with Gasteiger partial charge in [-0.15, -0.1) is 0 Å². The third kappa shape index (κ3) is 10.8. The van der Waals surface area contributed by atoms with Crippen molar-refractivity contribution in [3.63, 3.8) is 0 Å². The minimum atomic E-state index is -1.15. The molecule has 2 rings (SSSR count). The van der Waals surface area contributed by atoms with E-state index in [4.69, 9.17) is 9.47 Å². The number of ether oxygens (including phenoxy) is 2. The van der Waals surface area contributed by atoms with E-state index in [1.807, 2.05) is 71.9 Å². The molecule has 10 heteroatoms. The molecule has 1 aromatic carbocycles. The monoisotopic (exact) mass is 587 g/mol. The molecule has 1 N–H and O–H groups in total. The Morgan fingerprint density at radius 2 is 1.36 bits per heavy atom. The lowest BCUT2D eigenvalue weighted by atomic mass is 10.00. The molecule has 0 radical (unpaired) electrons. The van der Waals surface area contributed by atoms with E-state index in [1.54, 1.807) is 7.05 Å². The van der Waals surface area contributed by atoms with Crippen LogP contribution in [0, 0.1) is 17.8 Å². The number of cyclic esters (lactones) is 2. The number of nitrogens with one attached hydrogen (secondary N) is 1. The molecule has 42 heavy (non-hydrogen) atoms. The molecule has 0 saturated carbocycles. The summed E-state index contributed by atoms with van der Waals surface area (Å²) in [6.07, 6.45) is -1.39. The summed E-state index contributed by atoms with van der Waals surface area (Å²) in [6.45, 7) is 11.5. The number of nitrogens with zero attached hydrogens (tertiary/aromatic N) is 2. The second-order valence-electron chi connectivity index (χ2n) is 12.5. The highest BCUT2D eigenvalue weighted by molar-refractivity contribution is 5.92. The molecule has 0 unspecified atom stereocenters. The number of hydrogen-bond acceptors (Lipinski definition) is 7. The Balaban J connectivity index is 2.54. The molecular weight excluding hydrogens is 538 g/mol. The number of carbonyl (C=O) groups is 5. The van der Waals surface area contributed by atoms with E-state index in [-0.39, 0.29) is 62.3 Å². The van der Waals surface area contributed by atoms with Crippen molar-refractivity contribution >= 4 is 29.7 Å². The van der Waals surface area contributed by atoms with E-state index in [9.17, 15) is 24.0 Å². The molecule has 1 heterocycles. The molecular formula is C32H49N3O7. The topological polar surface area (TPSA) is 122 Å². The van der Waals surface area contributed by atoms with Crippen molar-refractivity contribution in [2.75, 3.05) is 20.6 Å². The maximum Gasteiger partial charge on any atom is 0.329 e. The van der Waals surface area contributed by atoms with Crippen LogP contribution in [0.2, 0.25) is 0 Å². The molecule has 1 fully saturated rings. The zero-order valence-corrected chi connectivity index (χ0v) is 26.4. The molecule has 0 bridgehead atoms. The van der Waals surface area contributed by atoms with Crippen molar-refractivity contribution in [1.29, 1.82) is 0 Å². The minimum Gasteiger partial charge on any atom is -0.452 e. The number of benzene rings is 1. The Morgan fingerprint density at radius 3 is 1.93 bits per heavy atom. The van der Waals surface area contributed by atoms with Gasteiger partial charge in [0, 0.05) is 27.1 Å². The fraction of sp³-hybridized carbons (Fsp3) is 0.656. The zero-order chi connectivity index (χ0) is 31.6. The Bertz CT molecular complexity index is 1070. The molecule has 1 saturated heterocycles. The average Bonchev–Trinajstić information content (AvgIpc) is 2.91. The molecule has 1 aliphatic heterocycles. The molecule has 1 aromatic rings. The molecule has 10 nitrogen and oxygen atoms in total. The summed E-state index contributed by atoms with van der Waals surface area (Å²) >= 11 is 0. The lowest BCUT2D eigenvalue weighted by molar-refractivity contribution is -0.167. The van der Waals surface area contributed by atoms with Gasteiger partial charge in [-0.2, -0.15) is 0 Å². The van der Waals surface area contributed by atoms with Crippen LogP contribution in [0.4, 0.5) is 0 Å². The SMILES string of the molecule is CC(C)C[C@@H]1NC(=O)[C@@H](CC(C)C)OC(=O)CCN(C)C(=O)[C@H](Cc2ccccc2)N(C)C(=O)[C@H](CC(C)C)OC1=O. The molecule has 0 aliphatic carbocycles. The first-order valence-corrected chi connectivity index (χ1v) is 14.9. The quantitative estimate of drug-likeness (QED) is 0.463. The van der Waals surface area contributed by atoms with Gasteiger partial charge in [-0.25, -0.2) is 4.79 Å². The summed E-state index contributed by atoms with van der Waals surface area (Å²) < 4.78 is 11.4. The van der Waals surface area contributed by atoms with Gasteiger partial charge >= 0.3 is 11.9 Å². The van der Waals surface area contributed by atoms with Crippen molar-refractivity contribution in [2.24, 2.45) is 17.8 Å². The van der Waals surface area contributed by atoms with Gasteiger partial charge in [-0.1, -0.05) is 71.9 Å². The standard InChI is InChI=1S/C32H49N3O7/c1-20(2)16-24-32(40)42-27(18-22(5)6)31(39)35(8)25(19-23-12-10-9-11-13-23)30(38)34(7)15-14-28(36)41-26(17-21(3)4)29(37)33-24/h9-13,20-22,24-27H,14-19H2,1-8H3,(H,33,37)/t24-,25-,26+,27-/m0/s1. The molecule has 1 aliphatic rings. The number of esters is 2. The Labute approximate surface area is 250 Å². The first-order chi connectivity index (χ1) is 19.7. The zero-order valence-electron chi connectivity index (χ0n) is 26.4. The van der Waals surface area contributed by atoms with Crippen molar-refractivity contribution in [1.82, 2.24) is 15.1 Å². The second-order valence-corrected chi connectivity index (χ2v) is 12.5. The van der Waals surface area contributed by atoms with Crippen molar-refractivity contribution < 1.29 is 33.4 Å². The lowest BCUT2D eigenvalue weighted by Gasteiger charge is -2.34. The van der Waals surface area contributed by atoms with Gasteiger partial charge in [0.15, 0.2) is 12.2 Å². The van der Waals surface area contributed by atoms with Gasteiger partial charge in [-0.05, 0) is 42.6 Å². The number of amides is 3. The van der Waals surface area contributed by atoms with E-state index < -0.39 is 48.0 Å². The highest BCUT2D eigenvalue weighted by atomic mass is 16.6. The average molecular weight is 588 g/mol. The van der Waals surface area contributed by atoms with E-state index in [0.717, 1.165) is 5.56 Å². The Morgan fingerprint density at radius 1 is 0.786 bits per heavy atom. The van der Waals surface area contributed by atoms with Gasteiger partial charge in [0.25, 0.3) is 11.8 Å². The fourth-order valence-corrected chi connectivity index (χ4v) is 4.89. The Kier molecular flexibility index (Phi) is 13.5. The van der Waals surface area contributed by atoms with E-state index in [0.29, 0.717) is 0 Å². The summed E-state index contributed by atoms with van der Waals surface area (Å²) in [4.78, 5) is 70.0. The predicted octanol–water partition coefficient (Wildman–Crippen LogP) is 3.36. The van der Waals surface area contributed by atoms with Gasteiger partial charge < -0.3 is 24.6 Å². The molecule has 234 valence electrons. The molecule has 0 spiro atoms. The largest absolute Gasteiger partial charge is 0.452 e. The first kappa shape index (κ1) is 34.8. The van der Waals surface area contributed by atoms with Crippen LogP contribution < -0.4 is 5.32 Å². The van der Waals surface area contributed by atoms with Crippen LogP contribution in [0.5, 0.6) is 0 Å². The normalized spacial score (nSPS) is 23.8. The summed E-state index contributed by atoms with van der Waals surface area (Å²) in [5.74, 6) is -2.78. The van der Waals surface area contributed by atoms with Crippen LogP contribution in [0.1, 0.15) is 72.8 Å². The minimum absolute atomic E-state index is 0.00432. The highest BCUT2D eigenvalue weighted by Crippen LogP contribution is 2.19. The van der Waals surface area contributed by atoms with Crippen LogP contribution in [-0.4, -0.2) is 84.4 Å². The number of hydrogen-bond donors (Lipinski definition) is 1. The lowest BCUT2D eigenvalue weighted by Crippen LogP contribution is -2.54. The Hall–Kier alpha value is -3.43. The van der Waals surface area contributed by atoms with Gasteiger partial charge in [0.05, 0.1) is 6.42 Å². The van der Waals surface area contributed by atoms with Crippen molar-refractivity contribution in [3.8, 4) is 0 Å². The van der Waals surface area contributed by atoms with Crippen LogP contribution in [-0.2, 0) is 39.9 Å². The smallest absolute Gasteiger partial charge is 0.329 e. The number of likely N-dealkylation sites (N-methyl/N-ethyl adjacent to an activating group) is 2. The summed E-state index contributed by atoms with van der Waals surface area (Å²) in [6, 6.07) is 7.40. The molecule has 3 amide bonds. The summed E-state index contributed by atoms with van der Waals surface area (Å²) in [5, 5.41) is 2.73. The fourth-order valence-electron chi connectivity index (χ4n) is 4.89. The van der Waals surface area contributed by atoms with Crippen LogP contribution in [0.3, 0.4) is 0 Å². The third-order valence-corrected chi connectivity index (χ3v) is 7.18. The van der Waals surface area contributed by atoms with Crippen LogP contribution in [0.25, 0.3) is 0 Å².